The SMILES string of the molecule is C[C@H](Nc1ccc(NNC(N)=S)cc1)C(=O)O. The molecule has 0 aromatic heterocycles. The van der Waals surface area contributed by atoms with Crippen molar-refractivity contribution in [2.45, 2.75) is 13.0 Å². The van der Waals surface area contributed by atoms with Gasteiger partial charge in [-0.15, -0.1) is 0 Å². The molecule has 0 fully saturated rings. The third-order valence-electron chi connectivity index (χ3n) is 1.97. The molecule has 1 rings (SSSR count). The number of carbonyl (C=O) groups is 1. The summed E-state index contributed by atoms with van der Waals surface area (Å²) in [5, 5.41) is 11.7. The van der Waals surface area contributed by atoms with Crippen LogP contribution in [-0.2, 0) is 4.79 Å². The lowest BCUT2D eigenvalue weighted by Crippen LogP contribution is -2.33. The maximum atomic E-state index is 10.6. The summed E-state index contributed by atoms with van der Waals surface area (Å²) < 4.78 is 0. The Balaban J connectivity index is 2.55. The number of hydrogen-bond acceptors (Lipinski definition) is 4. The second kappa shape index (κ2) is 5.90. The summed E-state index contributed by atoms with van der Waals surface area (Å²) >= 11 is 4.63. The zero-order valence-corrected chi connectivity index (χ0v) is 10.0. The topological polar surface area (TPSA) is 99.4 Å². The summed E-state index contributed by atoms with van der Waals surface area (Å²) in [5.41, 5.74) is 12.1. The first kappa shape index (κ1) is 13.0. The Bertz CT molecular complexity index is 407. The van der Waals surface area contributed by atoms with E-state index in [0.29, 0.717) is 0 Å². The number of thiocarbonyl (C=S) groups is 1. The predicted octanol–water partition coefficient (Wildman–Crippen LogP) is 0.732. The molecule has 0 spiro atoms. The zero-order chi connectivity index (χ0) is 12.8. The molecule has 0 amide bonds. The molecule has 6 N–H and O–H groups in total. The summed E-state index contributed by atoms with van der Waals surface area (Å²) in [7, 11) is 0. The number of carboxylic acids is 1. The molecule has 1 aromatic carbocycles. The molecule has 0 bridgehead atoms. The average molecular weight is 254 g/mol. The van der Waals surface area contributed by atoms with Crippen LogP contribution in [0.15, 0.2) is 24.3 Å². The lowest BCUT2D eigenvalue weighted by molar-refractivity contribution is -0.137. The van der Waals surface area contributed by atoms with Gasteiger partial charge in [-0.25, -0.2) is 0 Å². The Labute approximate surface area is 104 Å². The van der Waals surface area contributed by atoms with E-state index in [1.165, 1.54) is 0 Å². The molecule has 0 radical (unpaired) electrons. The van der Waals surface area contributed by atoms with E-state index in [1.54, 1.807) is 31.2 Å². The number of aliphatic carboxylic acids is 1. The van der Waals surface area contributed by atoms with Crippen molar-refractivity contribution < 1.29 is 9.90 Å². The Kier molecular flexibility index (Phi) is 4.53. The number of hydrazine groups is 1. The molecule has 0 heterocycles. The summed E-state index contributed by atoms with van der Waals surface area (Å²) in [5.74, 6) is -0.901. The number of anilines is 2. The quantitative estimate of drug-likeness (QED) is 0.390. The van der Waals surface area contributed by atoms with Crippen LogP contribution < -0.4 is 21.9 Å². The van der Waals surface area contributed by atoms with Crippen LogP contribution in [0.3, 0.4) is 0 Å². The first-order valence-corrected chi connectivity index (χ1v) is 5.30. The first-order valence-electron chi connectivity index (χ1n) is 4.90. The van der Waals surface area contributed by atoms with E-state index in [1.807, 2.05) is 0 Å². The molecule has 17 heavy (non-hydrogen) atoms. The lowest BCUT2D eigenvalue weighted by Gasteiger charge is -2.12. The summed E-state index contributed by atoms with van der Waals surface area (Å²) in [6.45, 7) is 1.57. The maximum absolute atomic E-state index is 10.6. The van der Waals surface area contributed by atoms with Crippen LogP contribution in [-0.4, -0.2) is 22.2 Å². The van der Waals surface area contributed by atoms with Crippen LogP contribution in [0.4, 0.5) is 11.4 Å². The molecule has 1 atom stereocenters. The van der Waals surface area contributed by atoms with Crippen molar-refractivity contribution in [3.63, 3.8) is 0 Å². The second-order valence-corrected chi connectivity index (χ2v) is 3.84. The van der Waals surface area contributed by atoms with E-state index in [9.17, 15) is 4.79 Å². The third-order valence-corrected chi connectivity index (χ3v) is 2.07. The fourth-order valence-corrected chi connectivity index (χ4v) is 1.15. The molecular formula is C10H14N4O2S. The Morgan fingerprint density at radius 3 is 2.35 bits per heavy atom. The van der Waals surface area contributed by atoms with E-state index < -0.39 is 12.0 Å². The van der Waals surface area contributed by atoms with Crippen molar-refractivity contribution in [3.05, 3.63) is 24.3 Å². The van der Waals surface area contributed by atoms with Crippen molar-refractivity contribution >= 4 is 34.7 Å². The highest BCUT2D eigenvalue weighted by Gasteiger charge is 2.09. The normalized spacial score (nSPS) is 11.4. The van der Waals surface area contributed by atoms with Gasteiger partial charge in [0.2, 0.25) is 0 Å². The fourth-order valence-electron chi connectivity index (χ4n) is 1.10. The zero-order valence-electron chi connectivity index (χ0n) is 9.23. The lowest BCUT2D eigenvalue weighted by atomic mass is 10.2. The van der Waals surface area contributed by atoms with Crippen molar-refractivity contribution in [2.75, 3.05) is 10.7 Å². The van der Waals surface area contributed by atoms with Crippen LogP contribution in [0.25, 0.3) is 0 Å². The number of nitrogens with one attached hydrogen (secondary N) is 3. The summed E-state index contributed by atoms with van der Waals surface area (Å²) in [4.78, 5) is 10.6. The van der Waals surface area contributed by atoms with Crippen LogP contribution in [0.5, 0.6) is 0 Å². The highest BCUT2D eigenvalue weighted by atomic mass is 32.1. The van der Waals surface area contributed by atoms with Gasteiger partial charge >= 0.3 is 5.97 Å². The van der Waals surface area contributed by atoms with Crippen LogP contribution in [0, 0.1) is 0 Å². The average Bonchev–Trinajstić information content (AvgIpc) is 2.28. The molecule has 0 saturated carbocycles. The Hall–Kier alpha value is -2.02. The summed E-state index contributed by atoms with van der Waals surface area (Å²) in [6, 6.07) is 6.40. The van der Waals surface area contributed by atoms with Gasteiger partial charge in [0.15, 0.2) is 5.11 Å². The van der Waals surface area contributed by atoms with Crippen molar-refractivity contribution in [1.82, 2.24) is 5.43 Å². The van der Waals surface area contributed by atoms with Crippen molar-refractivity contribution in [2.24, 2.45) is 5.73 Å². The highest BCUT2D eigenvalue weighted by molar-refractivity contribution is 7.80. The van der Waals surface area contributed by atoms with Crippen LogP contribution >= 0.6 is 12.2 Å². The molecule has 1 aromatic rings. The van der Waals surface area contributed by atoms with Gasteiger partial charge < -0.3 is 16.2 Å². The smallest absolute Gasteiger partial charge is 0.325 e. The summed E-state index contributed by atoms with van der Waals surface area (Å²) in [6.07, 6.45) is 0. The number of rotatable bonds is 5. The molecule has 0 saturated heterocycles. The van der Waals surface area contributed by atoms with Gasteiger partial charge in [-0.1, -0.05) is 0 Å². The van der Waals surface area contributed by atoms with Gasteiger partial charge in [-0.05, 0) is 43.4 Å². The van der Waals surface area contributed by atoms with E-state index in [4.69, 9.17) is 10.8 Å². The largest absolute Gasteiger partial charge is 0.480 e. The van der Waals surface area contributed by atoms with Crippen LogP contribution in [0.1, 0.15) is 6.92 Å². The van der Waals surface area contributed by atoms with E-state index >= 15 is 0 Å². The molecule has 0 aliphatic rings. The molecule has 0 aliphatic carbocycles. The minimum Gasteiger partial charge on any atom is -0.480 e. The third kappa shape index (κ3) is 4.56. The number of benzene rings is 1. The number of hydrogen-bond donors (Lipinski definition) is 5. The van der Waals surface area contributed by atoms with Gasteiger partial charge in [0, 0.05) is 5.69 Å². The van der Waals surface area contributed by atoms with Crippen molar-refractivity contribution in [1.29, 1.82) is 0 Å². The molecule has 6 nitrogen and oxygen atoms in total. The minimum atomic E-state index is -0.901. The monoisotopic (exact) mass is 254 g/mol. The van der Waals surface area contributed by atoms with Gasteiger partial charge in [-0.3, -0.25) is 15.6 Å². The number of nitrogens with two attached hydrogens (primary N) is 1. The molecule has 0 aliphatic heterocycles. The first-order chi connectivity index (χ1) is 7.99. The van der Waals surface area contributed by atoms with E-state index in [2.05, 4.69) is 28.4 Å². The van der Waals surface area contributed by atoms with Gasteiger partial charge in [0.25, 0.3) is 0 Å². The maximum Gasteiger partial charge on any atom is 0.325 e. The molecule has 92 valence electrons. The van der Waals surface area contributed by atoms with E-state index in [0.717, 1.165) is 11.4 Å². The minimum absolute atomic E-state index is 0.145. The molecular weight excluding hydrogens is 240 g/mol. The Morgan fingerprint density at radius 1 is 1.35 bits per heavy atom. The van der Waals surface area contributed by atoms with Crippen LogP contribution in [0.2, 0.25) is 0 Å². The van der Waals surface area contributed by atoms with E-state index in [-0.39, 0.29) is 5.11 Å². The fraction of sp³-hybridized carbons (Fsp3) is 0.200. The predicted molar refractivity (Wildman–Crippen MR) is 70.7 cm³/mol. The standard InChI is InChI=1S/C10H14N4O2S/c1-6(9(15)16)12-7-2-4-8(5-3-7)13-14-10(11)17/h2-6,12-13H,1H3,(H,15,16)(H3,11,14,17)/t6-/m0/s1. The second-order valence-electron chi connectivity index (χ2n) is 3.40. The van der Waals surface area contributed by atoms with Gasteiger partial charge in [0.05, 0.1) is 5.69 Å². The Morgan fingerprint density at radius 2 is 1.88 bits per heavy atom. The van der Waals surface area contributed by atoms with Crippen molar-refractivity contribution in [3.8, 4) is 0 Å². The van der Waals surface area contributed by atoms with Gasteiger partial charge in [-0.2, -0.15) is 0 Å². The highest BCUT2D eigenvalue weighted by Crippen LogP contribution is 2.13. The number of carboxylic acid groups (broad SMARTS) is 1. The molecule has 7 heteroatoms. The molecule has 0 unspecified atom stereocenters. The van der Waals surface area contributed by atoms with Gasteiger partial charge in [0.1, 0.15) is 6.04 Å².